The van der Waals surface area contributed by atoms with Gasteiger partial charge in [-0.3, -0.25) is 4.90 Å². The second-order valence-electron chi connectivity index (χ2n) is 9.83. The summed E-state index contributed by atoms with van der Waals surface area (Å²) in [4.78, 5) is 4.35. The van der Waals surface area contributed by atoms with Crippen LogP contribution in [0.4, 0.5) is 10.1 Å². The van der Waals surface area contributed by atoms with E-state index in [-0.39, 0.29) is 17.3 Å². The number of aliphatic hydroxyl groups is 1. The lowest BCUT2D eigenvalue weighted by atomic mass is 9.70. The van der Waals surface area contributed by atoms with Gasteiger partial charge in [-0.15, -0.1) is 0 Å². The Morgan fingerprint density at radius 3 is 2.50 bits per heavy atom. The average Bonchev–Trinajstić information content (AvgIpc) is 3.01. The fraction of sp³-hybridized carbons (Fsp3) is 0.739. The standard InChI is InChI=1S/C23H35FN2O2/c1-22(2)17-8-9-23(22,3)21(14-17)28-16-18(27)15-25-10-12-26(13-11-25)20-7-5-4-6-19(20)24/h4-7,17-18,21,27H,8-16H2,1-3H3/t17-,18-,21-,23-/m1/s1. The molecule has 3 fully saturated rings. The van der Waals surface area contributed by atoms with E-state index in [0.717, 1.165) is 38.5 Å². The smallest absolute Gasteiger partial charge is 0.146 e. The first-order valence-electron chi connectivity index (χ1n) is 10.8. The average molecular weight is 391 g/mol. The second kappa shape index (κ2) is 7.58. The van der Waals surface area contributed by atoms with E-state index in [4.69, 9.17) is 4.74 Å². The maximum absolute atomic E-state index is 14.0. The lowest BCUT2D eigenvalue weighted by molar-refractivity contribution is -0.0794. The van der Waals surface area contributed by atoms with Gasteiger partial charge in [-0.05, 0) is 48.1 Å². The molecule has 0 radical (unpaired) electrons. The summed E-state index contributed by atoms with van der Waals surface area (Å²) in [5.41, 5.74) is 1.26. The van der Waals surface area contributed by atoms with Gasteiger partial charge < -0.3 is 14.7 Å². The Hall–Kier alpha value is -1.17. The Kier molecular flexibility index (Phi) is 5.45. The second-order valence-corrected chi connectivity index (χ2v) is 9.83. The first-order valence-corrected chi connectivity index (χ1v) is 10.8. The third-order valence-corrected chi connectivity index (χ3v) is 8.24. The largest absolute Gasteiger partial charge is 0.389 e. The lowest BCUT2D eigenvalue weighted by Gasteiger charge is -2.39. The van der Waals surface area contributed by atoms with E-state index in [9.17, 15) is 9.50 Å². The molecule has 1 aromatic carbocycles. The first-order chi connectivity index (χ1) is 13.3. The van der Waals surface area contributed by atoms with E-state index < -0.39 is 6.10 Å². The third kappa shape index (κ3) is 3.46. The predicted molar refractivity (Wildman–Crippen MR) is 110 cm³/mol. The summed E-state index contributed by atoms with van der Waals surface area (Å²) >= 11 is 0. The van der Waals surface area contributed by atoms with Crippen molar-refractivity contribution in [2.45, 2.75) is 52.2 Å². The van der Waals surface area contributed by atoms with Crippen molar-refractivity contribution >= 4 is 5.69 Å². The Morgan fingerprint density at radius 2 is 1.89 bits per heavy atom. The van der Waals surface area contributed by atoms with Crippen LogP contribution in [0.15, 0.2) is 24.3 Å². The molecule has 3 aliphatic rings. The third-order valence-electron chi connectivity index (χ3n) is 8.24. The topological polar surface area (TPSA) is 35.9 Å². The summed E-state index contributed by atoms with van der Waals surface area (Å²) in [6.07, 6.45) is 3.50. The number of fused-ring (bicyclic) bond motifs is 2. The van der Waals surface area contributed by atoms with Gasteiger partial charge in [0.05, 0.1) is 24.5 Å². The van der Waals surface area contributed by atoms with Crippen molar-refractivity contribution in [1.82, 2.24) is 4.90 Å². The van der Waals surface area contributed by atoms with Crippen molar-refractivity contribution in [3.8, 4) is 0 Å². The van der Waals surface area contributed by atoms with Gasteiger partial charge in [-0.25, -0.2) is 4.39 Å². The number of rotatable bonds is 6. The number of para-hydroxylation sites is 1. The minimum atomic E-state index is -0.467. The van der Waals surface area contributed by atoms with Crippen LogP contribution < -0.4 is 4.90 Å². The van der Waals surface area contributed by atoms with Crippen LogP contribution in [0, 0.1) is 22.6 Å². The van der Waals surface area contributed by atoms with Crippen molar-refractivity contribution in [2.24, 2.45) is 16.7 Å². The molecule has 2 aliphatic carbocycles. The summed E-state index contributed by atoms with van der Waals surface area (Å²) in [6, 6.07) is 6.96. The number of aliphatic hydroxyl groups excluding tert-OH is 1. The van der Waals surface area contributed by atoms with Crippen molar-refractivity contribution in [3.63, 3.8) is 0 Å². The molecule has 4 nitrogen and oxygen atoms in total. The van der Waals surface area contributed by atoms with E-state index in [2.05, 4.69) is 30.6 Å². The molecule has 5 heteroatoms. The van der Waals surface area contributed by atoms with Crippen LogP contribution in [0.25, 0.3) is 0 Å². The molecule has 0 amide bonds. The fourth-order valence-electron chi connectivity index (χ4n) is 5.84. The van der Waals surface area contributed by atoms with E-state index in [0.29, 0.717) is 24.3 Å². The van der Waals surface area contributed by atoms with Gasteiger partial charge in [-0.2, -0.15) is 0 Å². The Labute approximate surface area is 168 Å². The van der Waals surface area contributed by atoms with Gasteiger partial charge in [0, 0.05) is 32.7 Å². The normalized spacial score (nSPS) is 33.4. The highest BCUT2D eigenvalue weighted by atomic mass is 19.1. The molecule has 28 heavy (non-hydrogen) atoms. The van der Waals surface area contributed by atoms with Crippen molar-refractivity contribution < 1.29 is 14.2 Å². The van der Waals surface area contributed by atoms with E-state index in [1.165, 1.54) is 18.9 Å². The van der Waals surface area contributed by atoms with E-state index in [1.807, 2.05) is 12.1 Å². The van der Waals surface area contributed by atoms with Gasteiger partial charge in [0.15, 0.2) is 0 Å². The number of ether oxygens (including phenoxy) is 1. The first kappa shape index (κ1) is 20.1. The number of hydrogen-bond acceptors (Lipinski definition) is 4. The van der Waals surface area contributed by atoms with Gasteiger partial charge in [-0.1, -0.05) is 32.9 Å². The molecule has 2 bridgehead atoms. The van der Waals surface area contributed by atoms with Crippen LogP contribution in [0.2, 0.25) is 0 Å². The highest BCUT2D eigenvalue weighted by molar-refractivity contribution is 5.47. The fourth-order valence-corrected chi connectivity index (χ4v) is 5.84. The number of halogens is 1. The number of anilines is 1. The van der Waals surface area contributed by atoms with Crippen LogP contribution >= 0.6 is 0 Å². The number of benzene rings is 1. The zero-order valence-electron chi connectivity index (χ0n) is 17.5. The molecular weight excluding hydrogens is 355 g/mol. The number of β-amino-alcohol motifs (C(OH)–C–C–N with tert-alkyl or cyclic N) is 1. The molecule has 156 valence electrons. The number of nitrogens with zero attached hydrogens (tertiary/aromatic N) is 2. The Morgan fingerprint density at radius 1 is 1.18 bits per heavy atom. The van der Waals surface area contributed by atoms with Crippen molar-refractivity contribution in [1.29, 1.82) is 0 Å². The molecule has 2 saturated carbocycles. The summed E-state index contributed by atoms with van der Waals surface area (Å²) in [7, 11) is 0. The molecule has 0 spiro atoms. The van der Waals surface area contributed by atoms with Gasteiger partial charge in [0.25, 0.3) is 0 Å². The molecular formula is C23H35FN2O2. The number of hydrogen-bond donors (Lipinski definition) is 1. The lowest BCUT2D eigenvalue weighted by Crippen LogP contribution is -2.49. The minimum Gasteiger partial charge on any atom is -0.389 e. The quantitative estimate of drug-likeness (QED) is 0.806. The van der Waals surface area contributed by atoms with Gasteiger partial charge in [0.1, 0.15) is 5.82 Å². The van der Waals surface area contributed by atoms with Crippen LogP contribution in [-0.2, 0) is 4.74 Å². The Balaban J connectivity index is 1.23. The molecule has 4 rings (SSSR count). The maximum atomic E-state index is 14.0. The molecule has 0 unspecified atom stereocenters. The molecule has 1 aromatic rings. The highest BCUT2D eigenvalue weighted by Gasteiger charge is 2.61. The van der Waals surface area contributed by atoms with Crippen LogP contribution in [0.5, 0.6) is 0 Å². The zero-order chi connectivity index (χ0) is 19.9. The van der Waals surface area contributed by atoms with Crippen LogP contribution in [-0.4, -0.2) is 61.5 Å². The molecule has 1 aliphatic heterocycles. The molecule has 4 atom stereocenters. The molecule has 0 aromatic heterocycles. The van der Waals surface area contributed by atoms with E-state index in [1.54, 1.807) is 6.07 Å². The molecule has 1 N–H and O–H groups in total. The summed E-state index contributed by atoms with van der Waals surface area (Å²) < 4.78 is 20.2. The van der Waals surface area contributed by atoms with Crippen LogP contribution in [0.3, 0.4) is 0 Å². The van der Waals surface area contributed by atoms with Crippen molar-refractivity contribution in [2.75, 3.05) is 44.2 Å². The number of piperazine rings is 1. The van der Waals surface area contributed by atoms with Gasteiger partial charge >= 0.3 is 0 Å². The SMILES string of the molecule is CC1(C)[C@@H]2CC[C@]1(C)[C@H](OC[C@H](O)CN1CCN(c3ccccc3F)CC1)C2. The molecule has 1 heterocycles. The maximum Gasteiger partial charge on any atom is 0.146 e. The Bertz CT molecular complexity index is 689. The summed E-state index contributed by atoms with van der Waals surface area (Å²) in [5.74, 6) is 0.595. The van der Waals surface area contributed by atoms with Gasteiger partial charge in [0.2, 0.25) is 0 Å². The van der Waals surface area contributed by atoms with Crippen molar-refractivity contribution in [3.05, 3.63) is 30.1 Å². The molecule has 1 saturated heterocycles. The summed E-state index contributed by atoms with van der Waals surface area (Å²) in [6.45, 7) is 11.4. The predicted octanol–water partition coefficient (Wildman–Crippen LogP) is 3.54. The minimum absolute atomic E-state index is 0.160. The van der Waals surface area contributed by atoms with Crippen LogP contribution in [0.1, 0.15) is 40.0 Å². The highest BCUT2D eigenvalue weighted by Crippen LogP contribution is 2.66. The monoisotopic (exact) mass is 390 g/mol. The zero-order valence-corrected chi connectivity index (χ0v) is 17.5. The summed E-state index contributed by atoms with van der Waals surface area (Å²) in [5, 5.41) is 10.5. The van der Waals surface area contributed by atoms with E-state index >= 15 is 0 Å².